The van der Waals surface area contributed by atoms with E-state index in [1.54, 1.807) is 29.3 Å². The molecular weight excluding hydrogens is 306 g/mol. The summed E-state index contributed by atoms with van der Waals surface area (Å²) in [5.41, 5.74) is 6.02. The summed E-state index contributed by atoms with van der Waals surface area (Å²) in [6.45, 7) is 2.02. The normalized spacial score (nSPS) is 14.9. The fourth-order valence-electron chi connectivity index (χ4n) is 1.34. The largest absolute Gasteiger partial charge is 0.340 e. The number of H-pyrrole nitrogens is 1. The third-order valence-corrected chi connectivity index (χ3v) is 5.37. The summed E-state index contributed by atoms with van der Waals surface area (Å²) in [4.78, 5) is 8.57. The molecule has 0 aliphatic rings. The molecule has 3 nitrogen and oxygen atoms in total. The summed E-state index contributed by atoms with van der Waals surface area (Å²) in [6.07, 6.45) is 3.58. The second-order valence-electron chi connectivity index (χ2n) is 3.46. The molecule has 2 aromatic rings. The maximum Gasteiger partial charge on any atom is 0.165 e. The molecular formula is C10H12BrN3S2. The van der Waals surface area contributed by atoms with E-state index in [9.17, 15) is 0 Å². The van der Waals surface area contributed by atoms with Crippen LogP contribution in [0.4, 0.5) is 0 Å². The average Bonchev–Trinajstić information content (AvgIpc) is 2.84. The van der Waals surface area contributed by atoms with Crippen molar-refractivity contribution in [3.8, 4) is 0 Å². The Hall–Kier alpha value is -0.300. The molecule has 0 saturated heterocycles. The molecule has 0 radical (unpaired) electrons. The van der Waals surface area contributed by atoms with Gasteiger partial charge in [-0.15, -0.1) is 11.3 Å². The van der Waals surface area contributed by atoms with E-state index in [1.165, 1.54) is 4.88 Å². The van der Waals surface area contributed by atoms with Crippen molar-refractivity contribution in [1.82, 2.24) is 9.97 Å². The maximum atomic E-state index is 6.02. The van der Waals surface area contributed by atoms with Crippen LogP contribution in [0.2, 0.25) is 0 Å². The molecule has 3 N–H and O–H groups in total. The van der Waals surface area contributed by atoms with Gasteiger partial charge in [0.05, 0.1) is 5.25 Å². The van der Waals surface area contributed by atoms with Gasteiger partial charge in [0.15, 0.2) is 5.16 Å². The number of imidazole rings is 1. The highest BCUT2D eigenvalue weighted by Gasteiger charge is 2.20. The molecule has 2 rings (SSSR count). The minimum atomic E-state index is 0.0839. The molecule has 0 amide bonds. The molecule has 0 aliphatic heterocycles. The molecule has 0 spiro atoms. The lowest BCUT2D eigenvalue weighted by Gasteiger charge is -2.17. The van der Waals surface area contributed by atoms with E-state index in [1.807, 2.05) is 13.1 Å². The summed E-state index contributed by atoms with van der Waals surface area (Å²) < 4.78 is 1.11. The van der Waals surface area contributed by atoms with E-state index in [-0.39, 0.29) is 11.3 Å². The third-order valence-electron chi connectivity index (χ3n) is 2.06. The third kappa shape index (κ3) is 2.88. The Kier molecular flexibility index (Phi) is 4.07. The first-order chi connectivity index (χ1) is 7.66. The number of halogens is 1. The highest BCUT2D eigenvalue weighted by molar-refractivity contribution is 9.10. The second-order valence-corrected chi connectivity index (χ2v) is 6.45. The Morgan fingerprint density at radius 2 is 2.44 bits per heavy atom. The van der Waals surface area contributed by atoms with Crippen LogP contribution in [-0.2, 0) is 0 Å². The predicted molar refractivity (Wildman–Crippen MR) is 72.9 cm³/mol. The first kappa shape index (κ1) is 12.2. The molecule has 0 fully saturated rings. The standard InChI is InChI=1S/C10H12BrN3S2/c1-6(12)9(8-4-7(11)5-15-8)16-10-13-2-3-14-10/h2-6,9H,12H2,1H3,(H,13,14). The molecule has 0 bridgehead atoms. The van der Waals surface area contributed by atoms with Crippen LogP contribution in [0, 0.1) is 0 Å². The fraction of sp³-hybridized carbons (Fsp3) is 0.300. The summed E-state index contributed by atoms with van der Waals surface area (Å²) in [5, 5.41) is 3.22. The highest BCUT2D eigenvalue weighted by Crippen LogP contribution is 2.39. The average molecular weight is 318 g/mol. The van der Waals surface area contributed by atoms with Crippen LogP contribution in [0.25, 0.3) is 0 Å². The number of thioether (sulfide) groups is 1. The Labute approximate surface area is 111 Å². The van der Waals surface area contributed by atoms with E-state index in [0.29, 0.717) is 0 Å². The van der Waals surface area contributed by atoms with E-state index < -0.39 is 0 Å². The monoisotopic (exact) mass is 317 g/mol. The van der Waals surface area contributed by atoms with Gasteiger partial charge in [0.25, 0.3) is 0 Å². The van der Waals surface area contributed by atoms with E-state index in [2.05, 4.69) is 37.3 Å². The van der Waals surface area contributed by atoms with Gasteiger partial charge in [0.2, 0.25) is 0 Å². The number of aromatic amines is 1. The Morgan fingerprint density at radius 3 is 2.94 bits per heavy atom. The molecule has 6 heteroatoms. The van der Waals surface area contributed by atoms with E-state index >= 15 is 0 Å². The van der Waals surface area contributed by atoms with Gasteiger partial charge in [-0.3, -0.25) is 0 Å². The number of nitrogens with two attached hydrogens (primary N) is 1. The molecule has 2 atom stereocenters. The smallest absolute Gasteiger partial charge is 0.165 e. The van der Waals surface area contributed by atoms with Crippen LogP contribution < -0.4 is 5.73 Å². The van der Waals surface area contributed by atoms with Crippen molar-refractivity contribution < 1.29 is 0 Å². The van der Waals surface area contributed by atoms with Crippen molar-refractivity contribution in [2.24, 2.45) is 5.73 Å². The van der Waals surface area contributed by atoms with E-state index in [0.717, 1.165) is 9.63 Å². The minimum absolute atomic E-state index is 0.0839. The lowest BCUT2D eigenvalue weighted by atomic mass is 10.2. The van der Waals surface area contributed by atoms with Crippen molar-refractivity contribution in [2.45, 2.75) is 23.4 Å². The quantitative estimate of drug-likeness (QED) is 0.849. The van der Waals surface area contributed by atoms with Gasteiger partial charge in [-0.05, 0) is 28.9 Å². The van der Waals surface area contributed by atoms with E-state index in [4.69, 9.17) is 5.73 Å². The second kappa shape index (κ2) is 5.35. The summed E-state index contributed by atoms with van der Waals surface area (Å²) >= 11 is 6.85. The topological polar surface area (TPSA) is 54.7 Å². The number of hydrogen-bond acceptors (Lipinski definition) is 4. The van der Waals surface area contributed by atoms with Crippen molar-refractivity contribution in [1.29, 1.82) is 0 Å². The Morgan fingerprint density at radius 1 is 1.62 bits per heavy atom. The first-order valence-corrected chi connectivity index (χ1v) is 7.37. The number of hydrogen-bond donors (Lipinski definition) is 2. The number of nitrogens with zero attached hydrogens (tertiary/aromatic N) is 1. The SMILES string of the molecule is CC(N)C(Sc1ncc[nH]1)c1cc(Br)cs1. The zero-order chi connectivity index (χ0) is 11.5. The van der Waals surface area contributed by atoms with Gasteiger partial charge in [-0.1, -0.05) is 11.8 Å². The van der Waals surface area contributed by atoms with Gasteiger partial charge >= 0.3 is 0 Å². The molecule has 2 aromatic heterocycles. The van der Waals surface area contributed by atoms with Gasteiger partial charge in [0.1, 0.15) is 0 Å². The van der Waals surface area contributed by atoms with Crippen molar-refractivity contribution in [3.63, 3.8) is 0 Å². The van der Waals surface area contributed by atoms with Crippen molar-refractivity contribution >= 4 is 39.0 Å². The molecule has 0 aliphatic carbocycles. The van der Waals surface area contributed by atoms with Crippen LogP contribution >= 0.6 is 39.0 Å². The van der Waals surface area contributed by atoms with Gasteiger partial charge in [-0.25, -0.2) is 4.98 Å². The van der Waals surface area contributed by atoms with Gasteiger partial charge < -0.3 is 10.7 Å². The van der Waals surface area contributed by atoms with Crippen molar-refractivity contribution in [3.05, 3.63) is 33.2 Å². The van der Waals surface area contributed by atoms with Gasteiger partial charge in [-0.2, -0.15) is 0 Å². The summed E-state index contributed by atoms with van der Waals surface area (Å²) in [6, 6.07) is 2.20. The minimum Gasteiger partial charge on any atom is -0.340 e. The van der Waals surface area contributed by atoms with Gasteiger partial charge in [0, 0.05) is 33.2 Å². The van der Waals surface area contributed by atoms with Crippen LogP contribution in [0.15, 0.2) is 33.5 Å². The number of thiophene rings is 1. The summed E-state index contributed by atoms with van der Waals surface area (Å²) in [7, 11) is 0. The first-order valence-electron chi connectivity index (χ1n) is 4.82. The van der Waals surface area contributed by atoms with Crippen LogP contribution in [0.5, 0.6) is 0 Å². The maximum absolute atomic E-state index is 6.02. The number of rotatable bonds is 4. The zero-order valence-electron chi connectivity index (χ0n) is 8.68. The number of nitrogens with one attached hydrogen (secondary N) is 1. The summed E-state index contributed by atoms with van der Waals surface area (Å²) in [5.74, 6) is 0. The lowest BCUT2D eigenvalue weighted by Crippen LogP contribution is -2.21. The zero-order valence-corrected chi connectivity index (χ0v) is 11.9. The Balaban J connectivity index is 2.18. The molecule has 0 aromatic carbocycles. The molecule has 2 unspecified atom stereocenters. The van der Waals surface area contributed by atoms with Crippen LogP contribution in [-0.4, -0.2) is 16.0 Å². The lowest BCUT2D eigenvalue weighted by molar-refractivity contribution is 0.727. The molecule has 16 heavy (non-hydrogen) atoms. The predicted octanol–water partition coefficient (Wildman–Crippen LogP) is 3.41. The Bertz CT molecular complexity index is 439. The fourth-order valence-corrected chi connectivity index (χ4v) is 4.08. The van der Waals surface area contributed by atoms with Crippen LogP contribution in [0.3, 0.4) is 0 Å². The molecule has 2 heterocycles. The van der Waals surface area contributed by atoms with Crippen LogP contribution in [0.1, 0.15) is 17.1 Å². The van der Waals surface area contributed by atoms with Crippen molar-refractivity contribution in [2.75, 3.05) is 0 Å². The molecule has 0 saturated carbocycles. The highest BCUT2D eigenvalue weighted by atomic mass is 79.9. The molecule has 86 valence electrons. The number of aromatic nitrogens is 2.